The molecular weight excluding hydrogens is 300 g/mol. The fourth-order valence-corrected chi connectivity index (χ4v) is 2.03. The average molecular weight is 310 g/mol. The zero-order chi connectivity index (χ0) is 16.4. The number of hydrogen-bond donors (Lipinski definition) is 2. The quantitative estimate of drug-likeness (QED) is 0.717. The molecule has 23 heavy (non-hydrogen) atoms. The van der Waals surface area contributed by atoms with Crippen molar-refractivity contribution < 1.29 is 19.4 Å². The molecule has 0 aliphatic rings. The summed E-state index contributed by atoms with van der Waals surface area (Å²) in [5.74, 6) is -2.10. The van der Waals surface area contributed by atoms with Crippen molar-refractivity contribution in [2.24, 2.45) is 10.2 Å². The van der Waals surface area contributed by atoms with E-state index < -0.39 is 17.2 Å². The highest BCUT2D eigenvalue weighted by molar-refractivity contribution is 5.94. The number of azo groups is 1. The molecule has 0 atom stereocenters. The van der Waals surface area contributed by atoms with Crippen LogP contribution in [0.1, 0.15) is 10.6 Å². The van der Waals surface area contributed by atoms with Gasteiger partial charge in [0, 0.05) is 6.07 Å². The normalized spacial score (nSPS) is 11.1. The van der Waals surface area contributed by atoms with Crippen molar-refractivity contribution >= 4 is 28.3 Å². The molecule has 3 rings (SSSR count). The molecule has 0 unspecified atom stereocenters. The highest BCUT2D eigenvalue weighted by atomic mass is 16.4. The van der Waals surface area contributed by atoms with Crippen molar-refractivity contribution in [2.45, 2.75) is 0 Å². The number of fused-ring (bicyclic) bond motifs is 1. The molecule has 0 radical (unpaired) electrons. The summed E-state index contributed by atoms with van der Waals surface area (Å²) in [7, 11) is 0. The number of rotatable bonds is 3. The lowest BCUT2D eigenvalue weighted by Gasteiger charge is -2.03. The minimum absolute atomic E-state index is 0.00899. The largest absolute Gasteiger partial charge is 0.506 e. The van der Waals surface area contributed by atoms with Crippen LogP contribution in [-0.2, 0) is 0 Å². The maximum atomic E-state index is 12.2. The minimum atomic E-state index is -1.36. The summed E-state index contributed by atoms with van der Waals surface area (Å²) in [6, 6.07) is 12.2. The van der Waals surface area contributed by atoms with Crippen LogP contribution in [0.15, 0.2) is 68.0 Å². The third kappa shape index (κ3) is 2.80. The van der Waals surface area contributed by atoms with Crippen LogP contribution in [0.5, 0.6) is 5.75 Å². The van der Waals surface area contributed by atoms with Crippen molar-refractivity contribution in [3.8, 4) is 5.75 Å². The molecule has 0 saturated carbocycles. The van der Waals surface area contributed by atoms with Gasteiger partial charge in [-0.05, 0) is 24.3 Å². The number of carboxylic acid groups (broad SMARTS) is 1. The van der Waals surface area contributed by atoms with Crippen LogP contribution >= 0.6 is 0 Å². The average Bonchev–Trinajstić information content (AvgIpc) is 2.55. The number of aromatic hydroxyl groups is 1. The Kier molecular flexibility index (Phi) is 3.60. The molecule has 0 bridgehead atoms. The van der Waals surface area contributed by atoms with Crippen LogP contribution in [0, 0.1) is 0 Å². The number of benzene rings is 2. The molecule has 7 heteroatoms. The van der Waals surface area contributed by atoms with E-state index in [1.807, 2.05) is 6.07 Å². The van der Waals surface area contributed by atoms with E-state index in [0.717, 1.165) is 6.07 Å². The fraction of sp³-hybridized carbons (Fsp3) is 0. The molecule has 0 aliphatic carbocycles. The predicted molar refractivity (Wildman–Crippen MR) is 81.7 cm³/mol. The molecule has 0 spiro atoms. The van der Waals surface area contributed by atoms with Crippen molar-refractivity contribution in [1.29, 1.82) is 0 Å². The second kappa shape index (κ2) is 5.72. The van der Waals surface area contributed by atoms with E-state index in [4.69, 9.17) is 9.52 Å². The third-order valence-electron chi connectivity index (χ3n) is 3.08. The van der Waals surface area contributed by atoms with Gasteiger partial charge in [-0.15, -0.1) is 5.11 Å². The molecule has 2 aromatic carbocycles. The van der Waals surface area contributed by atoms with E-state index in [1.54, 1.807) is 24.3 Å². The first-order chi connectivity index (χ1) is 11.1. The zero-order valence-corrected chi connectivity index (χ0v) is 11.6. The van der Waals surface area contributed by atoms with Gasteiger partial charge in [0.2, 0.25) is 5.76 Å². The van der Waals surface area contributed by atoms with Gasteiger partial charge in [0.15, 0.2) is 5.43 Å². The Morgan fingerprint density at radius 1 is 1.04 bits per heavy atom. The van der Waals surface area contributed by atoms with E-state index in [0.29, 0.717) is 5.69 Å². The number of phenolic OH excluding ortho intramolecular Hbond substituents is 1. The highest BCUT2D eigenvalue weighted by Gasteiger charge is 2.16. The number of phenols is 1. The van der Waals surface area contributed by atoms with Gasteiger partial charge >= 0.3 is 5.97 Å². The Morgan fingerprint density at radius 2 is 1.78 bits per heavy atom. The smallest absolute Gasteiger partial charge is 0.371 e. The summed E-state index contributed by atoms with van der Waals surface area (Å²) < 4.78 is 5.14. The van der Waals surface area contributed by atoms with Crippen LogP contribution in [-0.4, -0.2) is 16.2 Å². The number of aromatic carboxylic acids is 1. The summed E-state index contributed by atoms with van der Waals surface area (Å²) in [4.78, 5) is 23.1. The third-order valence-corrected chi connectivity index (χ3v) is 3.08. The highest BCUT2D eigenvalue weighted by Crippen LogP contribution is 2.34. The van der Waals surface area contributed by atoms with Crippen molar-refractivity contribution in [3.05, 3.63) is 64.5 Å². The van der Waals surface area contributed by atoms with E-state index in [2.05, 4.69) is 10.2 Å². The van der Waals surface area contributed by atoms with Gasteiger partial charge in [0.25, 0.3) is 0 Å². The van der Waals surface area contributed by atoms with Gasteiger partial charge in [0.05, 0.1) is 11.1 Å². The summed E-state index contributed by atoms with van der Waals surface area (Å²) in [5, 5.41) is 26.7. The van der Waals surface area contributed by atoms with Crippen molar-refractivity contribution in [2.75, 3.05) is 0 Å². The van der Waals surface area contributed by atoms with Crippen LogP contribution in [0.25, 0.3) is 11.0 Å². The number of nitrogens with zero attached hydrogens (tertiary/aromatic N) is 2. The summed E-state index contributed by atoms with van der Waals surface area (Å²) >= 11 is 0. The molecule has 3 aromatic rings. The molecular formula is C16H10N2O5. The van der Waals surface area contributed by atoms with Gasteiger partial charge < -0.3 is 14.6 Å². The minimum Gasteiger partial charge on any atom is -0.506 e. The van der Waals surface area contributed by atoms with E-state index in [1.165, 1.54) is 12.1 Å². The predicted octanol–water partition coefficient (Wildman–Crippen LogP) is 3.61. The molecule has 1 heterocycles. The number of carbonyl (C=O) groups is 1. The molecule has 7 nitrogen and oxygen atoms in total. The zero-order valence-electron chi connectivity index (χ0n) is 11.6. The van der Waals surface area contributed by atoms with Gasteiger partial charge in [-0.25, -0.2) is 4.79 Å². The molecule has 0 fully saturated rings. The Hall–Kier alpha value is -3.48. The second-order valence-corrected chi connectivity index (χ2v) is 4.62. The van der Waals surface area contributed by atoms with Gasteiger partial charge in [-0.2, -0.15) is 5.11 Å². The molecule has 1 aromatic heterocycles. The summed E-state index contributed by atoms with van der Waals surface area (Å²) in [5.41, 5.74) is -0.149. The lowest BCUT2D eigenvalue weighted by Crippen LogP contribution is -2.06. The first kappa shape index (κ1) is 14.5. The standard InChI is InChI=1S/C16H10N2O5/c19-10-6-7-12-14(11(20)8-13(23-12)16(21)22)15(10)18-17-9-4-2-1-3-5-9/h1-8,19H,(H,21,22). The van der Waals surface area contributed by atoms with Gasteiger partial charge in [0.1, 0.15) is 17.0 Å². The molecule has 0 amide bonds. The van der Waals surface area contributed by atoms with Gasteiger partial charge in [-0.1, -0.05) is 18.2 Å². The fourth-order valence-electron chi connectivity index (χ4n) is 2.03. The molecule has 0 aliphatic heterocycles. The van der Waals surface area contributed by atoms with Crippen LogP contribution in [0.3, 0.4) is 0 Å². The Balaban J connectivity index is 2.20. The first-order valence-corrected chi connectivity index (χ1v) is 6.56. The topological polar surface area (TPSA) is 112 Å². The summed E-state index contributed by atoms with van der Waals surface area (Å²) in [6.45, 7) is 0. The SMILES string of the molecule is O=C(O)c1cc(=O)c2c(N=Nc3ccccc3)c(O)ccc2o1. The number of carboxylic acids is 1. The second-order valence-electron chi connectivity index (χ2n) is 4.62. The van der Waals surface area contributed by atoms with Crippen LogP contribution in [0.2, 0.25) is 0 Å². The maximum absolute atomic E-state index is 12.2. The van der Waals surface area contributed by atoms with E-state index in [9.17, 15) is 14.7 Å². The van der Waals surface area contributed by atoms with Crippen molar-refractivity contribution in [1.82, 2.24) is 0 Å². The first-order valence-electron chi connectivity index (χ1n) is 6.56. The van der Waals surface area contributed by atoms with Crippen LogP contribution in [0.4, 0.5) is 11.4 Å². The Labute approximate surface area is 129 Å². The lowest BCUT2D eigenvalue weighted by atomic mass is 10.1. The number of hydrogen-bond acceptors (Lipinski definition) is 6. The molecule has 114 valence electrons. The van der Waals surface area contributed by atoms with E-state index >= 15 is 0 Å². The maximum Gasteiger partial charge on any atom is 0.371 e. The molecule has 0 saturated heterocycles. The van der Waals surface area contributed by atoms with Gasteiger partial charge in [-0.3, -0.25) is 4.79 Å². The Bertz CT molecular complexity index is 977. The van der Waals surface area contributed by atoms with E-state index in [-0.39, 0.29) is 22.4 Å². The monoisotopic (exact) mass is 310 g/mol. The summed E-state index contributed by atoms with van der Waals surface area (Å²) in [6.07, 6.45) is 0. The Morgan fingerprint density at radius 3 is 2.48 bits per heavy atom. The molecule has 2 N–H and O–H groups in total. The lowest BCUT2D eigenvalue weighted by molar-refractivity contribution is 0.0663. The van der Waals surface area contributed by atoms with Crippen LogP contribution < -0.4 is 5.43 Å². The van der Waals surface area contributed by atoms with Crippen molar-refractivity contribution in [3.63, 3.8) is 0 Å².